The Balaban J connectivity index is 1.57. The zero-order valence-corrected chi connectivity index (χ0v) is 19.3. The normalized spacial score (nSPS) is 16.1. The van der Waals surface area contributed by atoms with Crippen molar-refractivity contribution in [1.82, 2.24) is 9.80 Å². The summed E-state index contributed by atoms with van der Waals surface area (Å²) < 4.78 is 0. The van der Waals surface area contributed by atoms with E-state index in [1.807, 2.05) is 0 Å². The largest absolute Gasteiger partial charge is 0.356 e. The van der Waals surface area contributed by atoms with Crippen LogP contribution in [-0.2, 0) is 6.42 Å². The molecule has 1 heterocycles. The summed E-state index contributed by atoms with van der Waals surface area (Å²) in [7, 11) is 0. The van der Waals surface area contributed by atoms with Crippen molar-refractivity contribution in [3.8, 4) is 0 Å². The molecule has 2 nitrogen and oxygen atoms in total. The third-order valence-electron chi connectivity index (χ3n) is 6.23. The summed E-state index contributed by atoms with van der Waals surface area (Å²) in [5.41, 5.74) is 1.45. The lowest BCUT2D eigenvalue weighted by Gasteiger charge is -2.33. The van der Waals surface area contributed by atoms with Gasteiger partial charge in [0.15, 0.2) is 0 Å². The van der Waals surface area contributed by atoms with Gasteiger partial charge in [-0.15, -0.1) is 0 Å². The fourth-order valence-electron chi connectivity index (χ4n) is 4.46. The molecule has 0 radical (unpaired) electrons. The van der Waals surface area contributed by atoms with Gasteiger partial charge in [-0.05, 0) is 18.4 Å². The van der Waals surface area contributed by atoms with Gasteiger partial charge in [0, 0.05) is 31.9 Å². The Kier molecular flexibility index (Phi) is 12.7. The first-order chi connectivity index (χ1) is 14.3. The number of nitrogens with zero attached hydrogens (tertiary/aromatic N) is 2. The molecule has 164 valence electrons. The molecule has 1 aliphatic rings. The average Bonchev–Trinajstić information content (AvgIpc) is 3.11. The molecule has 0 saturated carbocycles. The number of benzene rings is 1. The fourth-order valence-corrected chi connectivity index (χ4v) is 4.46. The smallest absolute Gasteiger partial charge is 0.105 e. The molecular formula is C27H46N2. The summed E-state index contributed by atoms with van der Waals surface area (Å²) in [5, 5.41) is 0. The molecule has 2 heteroatoms. The average molecular weight is 399 g/mol. The summed E-state index contributed by atoms with van der Waals surface area (Å²) in [4.78, 5) is 5.12. The van der Waals surface area contributed by atoms with Crippen molar-refractivity contribution < 1.29 is 0 Å². The number of unbranched alkanes of at least 4 members (excludes halogenated alkanes) is 11. The standard InChI is InChI=1S/C27H46N2/c1-3-5-6-7-8-9-10-11-12-13-14-18-22-29-24-23-28(21-4-2)27(29)25-26-19-16-15-17-20-26/h15-17,19-20,23-24,27H,3-14,18,21-22,25H2,1-2H3. The van der Waals surface area contributed by atoms with Crippen LogP contribution in [0.5, 0.6) is 0 Å². The Morgan fingerprint density at radius 2 is 1.10 bits per heavy atom. The Labute approximate surface area is 181 Å². The van der Waals surface area contributed by atoms with Gasteiger partial charge >= 0.3 is 0 Å². The number of rotatable bonds is 17. The molecule has 0 saturated heterocycles. The van der Waals surface area contributed by atoms with E-state index in [1.165, 1.54) is 95.6 Å². The maximum atomic E-state index is 2.58. The van der Waals surface area contributed by atoms with E-state index in [0.717, 1.165) is 13.0 Å². The highest BCUT2D eigenvalue weighted by Crippen LogP contribution is 2.21. The fraction of sp³-hybridized carbons (Fsp3) is 0.704. The minimum atomic E-state index is 0.505. The summed E-state index contributed by atoms with van der Waals surface area (Å²) >= 11 is 0. The number of hydrogen-bond acceptors (Lipinski definition) is 2. The molecule has 0 aliphatic carbocycles. The van der Waals surface area contributed by atoms with Crippen molar-refractivity contribution in [2.45, 2.75) is 110 Å². The summed E-state index contributed by atoms with van der Waals surface area (Å²) in [6, 6.07) is 11.0. The van der Waals surface area contributed by atoms with Gasteiger partial charge in [0.1, 0.15) is 6.17 Å². The first-order valence-corrected chi connectivity index (χ1v) is 12.6. The second-order valence-corrected chi connectivity index (χ2v) is 8.83. The van der Waals surface area contributed by atoms with Gasteiger partial charge < -0.3 is 9.80 Å². The molecule has 0 spiro atoms. The molecular weight excluding hydrogens is 352 g/mol. The molecule has 2 rings (SSSR count). The van der Waals surface area contributed by atoms with Crippen LogP contribution < -0.4 is 0 Å². The van der Waals surface area contributed by atoms with Crippen LogP contribution in [0, 0.1) is 0 Å². The van der Waals surface area contributed by atoms with Crippen molar-refractivity contribution in [3.63, 3.8) is 0 Å². The highest BCUT2D eigenvalue weighted by atomic mass is 15.4. The summed E-state index contributed by atoms with van der Waals surface area (Å²) in [5.74, 6) is 0. The van der Waals surface area contributed by atoms with Crippen LogP contribution in [0.25, 0.3) is 0 Å². The monoisotopic (exact) mass is 398 g/mol. The van der Waals surface area contributed by atoms with E-state index in [-0.39, 0.29) is 0 Å². The van der Waals surface area contributed by atoms with Crippen LogP contribution in [0.2, 0.25) is 0 Å². The highest BCUT2D eigenvalue weighted by Gasteiger charge is 2.25. The van der Waals surface area contributed by atoms with Gasteiger partial charge in [0.05, 0.1) is 0 Å². The predicted molar refractivity (Wildman–Crippen MR) is 128 cm³/mol. The second kappa shape index (κ2) is 15.4. The van der Waals surface area contributed by atoms with Gasteiger partial charge in [-0.2, -0.15) is 0 Å². The third-order valence-corrected chi connectivity index (χ3v) is 6.23. The van der Waals surface area contributed by atoms with Crippen molar-refractivity contribution in [3.05, 3.63) is 48.3 Å². The molecule has 1 aromatic carbocycles. The van der Waals surface area contributed by atoms with E-state index in [9.17, 15) is 0 Å². The number of hydrogen-bond donors (Lipinski definition) is 0. The van der Waals surface area contributed by atoms with Gasteiger partial charge in [0.25, 0.3) is 0 Å². The van der Waals surface area contributed by atoms with E-state index >= 15 is 0 Å². The van der Waals surface area contributed by atoms with Crippen LogP contribution >= 0.6 is 0 Å². The van der Waals surface area contributed by atoms with Crippen LogP contribution in [0.15, 0.2) is 42.7 Å². The molecule has 0 amide bonds. The molecule has 0 N–H and O–H groups in total. The van der Waals surface area contributed by atoms with Crippen molar-refractivity contribution in [1.29, 1.82) is 0 Å². The topological polar surface area (TPSA) is 6.48 Å². The maximum absolute atomic E-state index is 2.58. The zero-order chi connectivity index (χ0) is 20.6. The lowest BCUT2D eigenvalue weighted by atomic mass is 10.1. The molecule has 0 fully saturated rings. The minimum Gasteiger partial charge on any atom is -0.356 e. The van der Waals surface area contributed by atoms with E-state index in [0.29, 0.717) is 6.17 Å². The molecule has 0 bridgehead atoms. The quantitative estimate of drug-likeness (QED) is 0.247. The van der Waals surface area contributed by atoms with Gasteiger partial charge in [-0.3, -0.25) is 0 Å². The Morgan fingerprint density at radius 1 is 0.586 bits per heavy atom. The summed E-state index contributed by atoms with van der Waals surface area (Å²) in [6.45, 7) is 6.93. The second-order valence-electron chi connectivity index (χ2n) is 8.83. The molecule has 29 heavy (non-hydrogen) atoms. The molecule has 1 aliphatic heterocycles. The van der Waals surface area contributed by atoms with Crippen molar-refractivity contribution in [2.75, 3.05) is 13.1 Å². The van der Waals surface area contributed by atoms with Crippen molar-refractivity contribution in [2.24, 2.45) is 0 Å². The van der Waals surface area contributed by atoms with Gasteiger partial charge in [-0.25, -0.2) is 0 Å². The molecule has 1 unspecified atom stereocenters. The Morgan fingerprint density at radius 3 is 1.66 bits per heavy atom. The van der Waals surface area contributed by atoms with E-state index in [1.54, 1.807) is 0 Å². The molecule has 0 aromatic heterocycles. The molecule has 1 atom stereocenters. The highest BCUT2D eigenvalue weighted by molar-refractivity contribution is 5.17. The van der Waals surface area contributed by atoms with Gasteiger partial charge in [0.2, 0.25) is 0 Å². The zero-order valence-electron chi connectivity index (χ0n) is 19.3. The lowest BCUT2D eigenvalue weighted by Crippen LogP contribution is -2.41. The minimum absolute atomic E-state index is 0.505. The van der Waals surface area contributed by atoms with Gasteiger partial charge in [-0.1, -0.05) is 115 Å². The Bertz CT molecular complexity index is 525. The summed E-state index contributed by atoms with van der Waals surface area (Å²) in [6.07, 6.45) is 24.5. The van der Waals surface area contributed by atoms with Crippen LogP contribution in [-0.4, -0.2) is 29.1 Å². The third kappa shape index (κ3) is 9.74. The van der Waals surface area contributed by atoms with E-state index in [2.05, 4.69) is 66.4 Å². The van der Waals surface area contributed by atoms with Crippen LogP contribution in [0.4, 0.5) is 0 Å². The maximum Gasteiger partial charge on any atom is 0.105 e. The Hall–Kier alpha value is -1.44. The van der Waals surface area contributed by atoms with E-state index in [4.69, 9.17) is 0 Å². The lowest BCUT2D eigenvalue weighted by molar-refractivity contribution is 0.150. The van der Waals surface area contributed by atoms with Crippen molar-refractivity contribution >= 4 is 0 Å². The predicted octanol–water partition coefficient (Wildman–Crippen LogP) is 7.76. The SMILES string of the molecule is CCCCCCCCCCCCCCN1C=CN(CCC)C1Cc1ccccc1. The van der Waals surface area contributed by atoms with E-state index < -0.39 is 0 Å². The van der Waals surface area contributed by atoms with Crippen LogP contribution in [0.3, 0.4) is 0 Å². The molecule has 1 aromatic rings. The first-order valence-electron chi connectivity index (χ1n) is 12.6. The first kappa shape index (κ1) is 23.8. The van der Waals surface area contributed by atoms with Crippen LogP contribution in [0.1, 0.15) is 103 Å².